The molecule has 1 amide bonds. The average Bonchev–Trinajstić information content (AvgIpc) is 3.51. The first kappa shape index (κ1) is 31.0. The van der Waals surface area contributed by atoms with E-state index in [4.69, 9.17) is 9.97 Å². The zero-order valence-corrected chi connectivity index (χ0v) is 27.5. The predicted octanol–water partition coefficient (Wildman–Crippen LogP) is 7.34. The van der Waals surface area contributed by atoms with E-state index in [0.717, 1.165) is 44.7 Å². The maximum Gasteiger partial charge on any atom is 0.355 e. The molecule has 240 valence electrons. The molecule has 9 nitrogen and oxygen atoms in total. The van der Waals surface area contributed by atoms with Gasteiger partial charge in [0.05, 0.1) is 15.9 Å². The summed E-state index contributed by atoms with van der Waals surface area (Å²) in [6, 6.07) is 19.8. The molecule has 1 saturated carbocycles. The van der Waals surface area contributed by atoms with Gasteiger partial charge in [-0.1, -0.05) is 54.9 Å². The van der Waals surface area contributed by atoms with Crippen molar-refractivity contribution < 1.29 is 14.7 Å². The third kappa shape index (κ3) is 6.35. The normalized spacial score (nSPS) is 15.2. The Morgan fingerprint density at radius 2 is 1.83 bits per heavy atom. The van der Waals surface area contributed by atoms with E-state index in [-0.39, 0.29) is 11.6 Å². The molecule has 2 aliphatic rings. The Morgan fingerprint density at radius 3 is 2.64 bits per heavy atom. The second-order valence-electron chi connectivity index (χ2n) is 12.6. The minimum Gasteiger partial charge on any atom is -0.476 e. The summed E-state index contributed by atoms with van der Waals surface area (Å²) in [6.07, 6.45) is 8.74. The Morgan fingerprint density at radius 1 is 1.00 bits per heavy atom. The number of benzene rings is 2. The van der Waals surface area contributed by atoms with Gasteiger partial charge in [0, 0.05) is 43.0 Å². The monoisotopic (exact) mass is 646 g/mol. The summed E-state index contributed by atoms with van der Waals surface area (Å²) < 4.78 is 1.01. The lowest BCUT2D eigenvalue weighted by atomic mass is 9.93. The van der Waals surface area contributed by atoms with Gasteiger partial charge in [-0.15, -0.1) is 0 Å². The Kier molecular flexibility index (Phi) is 8.70. The number of hydrogen-bond donors (Lipinski definition) is 2. The summed E-state index contributed by atoms with van der Waals surface area (Å²) in [5.74, 6) is -0.718. The number of nitrogens with one attached hydrogen (secondary N) is 1. The summed E-state index contributed by atoms with van der Waals surface area (Å²) >= 11 is 1.44. The molecule has 0 bridgehead atoms. The van der Waals surface area contributed by atoms with Crippen LogP contribution in [-0.2, 0) is 19.5 Å². The van der Waals surface area contributed by atoms with Crippen molar-refractivity contribution in [1.82, 2.24) is 19.9 Å². The fraction of sp³-hybridized carbons (Fsp3) is 0.324. The van der Waals surface area contributed by atoms with Crippen molar-refractivity contribution in [3.8, 4) is 11.1 Å². The molecule has 7 rings (SSSR count). The van der Waals surface area contributed by atoms with Crippen LogP contribution in [-0.4, -0.2) is 56.5 Å². The molecule has 1 aliphatic carbocycles. The van der Waals surface area contributed by atoms with Crippen LogP contribution in [0.2, 0.25) is 0 Å². The number of aromatic carboxylic acids is 1. The number of carbonyl (C=O) groups excluding carboxylic acids is 1. The van der Waals surface area contributed by atoms with Crippen LogP contribution in [0.1, 0.15) is 75.3 Å². The van der Waals surface area contributed by atoms with Crippen LogP contribution in [0, 0.1) is 6.92 Å². The Balaban J connectivity index is 1.14. The maximum absolute atomic E-state index is 13.5. The molecule has 47 heavy (non-hydrogen) atoms. The minimum atomic E-state index is -1.08. The standard InChI is InChI=1S/C37H38N6O3S/c1-23-26(17-19-38-31(23)22-42(2)25-10-4-3-5-11-25)27-15-16-33(40-34(27)36(45)46)43-20-18-24-9-8-12-28(29(24)21-43)35(44)41-37-39-30-13-6-7-14-32(30)47-37/h6-9,12-17,19,25H,3-5,10-11,18,20-22H2,1-2H3,(H,45,46)(H,39,41,44). The van der Waals surface area contributed by atoms with Gasteiger partial charge in [-0.2, -0.15) is 0 Å². The zero-order chi connectivity index (χ0) is 32.5. The van der Waals surface area contributed by atoms with Crippen LogP contribution >= 0.6 is 11.3 Å². The molecule has 3 aromatic heterocycles. The van der Waals surface area contributed by atoms with Crippen LogP contribution in [0.25, 0.3) is 21.3 Å². The molecule has 1 aliphatic heterocycles. The van der Waals surface area contributed by atoms with Crippen LogP contribution in [0.5, 0.6) is 0 Å². The van der Waals surface area contributed by atoms with Crippen molar-refractivity contribution in [1.29, 1.82) is 0 Å². The third-order valence-corrected chi connectivity index (χ3v) is 10.6. The van der Waals surface area contributed by atoms with Gasteiger partial charge in [-0.05, 0) is 91.9 Å². The molecule has 5 aromatic rings. The number of pyridine rings is 2. The number of para-hydroxylation sites is 1. The van der Waals surface area contributed by atoms with Crippen LogP contribution in [0.15, 0.2) is 66.9 Å². The summed E-state index contributed by atoms with van der Waals surface area (Å²) in [6.45, 7) is 3.85. The molecule has 2 N–H and O–H groups in total. The zero-order valence-electron chi connectivity index (χ0n) is 26.7. The van der Waals surface area contributed by atoms with Crippen molar-refractivity contribution in [3.05, 3.63) is 101 Å². The highest BCUT2D eigenvalue weighted by atomic mass is 32.1. The number of anilines is 2. The summed E-state index contributed by atoms with van der Waals surface area (Å²) in [4.78, 5) is 44.5. The Labute approximate surface area is 278 Å². The number of aromatic nitrogens is 3. The number of nitrogens with zero attached hydrogens (tertiary/aromatic N) is 5. The Bertz CT molecular complexity index is 1930. The van der Waals surface area contributed by atoms with Crippen LogP contribution < -0.4 is 10.2 Å². The van der Waals surface area contributed by atoms with Crippen LogP contribution in [0.3, 0.4) is 0 Å². The summed E-state index contributed by atoms with van der Waals surface area (Å²) in [7, 11) is 2.16. The highest BCUT2D eigenvalue weighted by Gasteiger charge is 2.26. The number of rotatable bonds is 8. The number of fused-ring (bicyclic) bond motifs is 2. The quantitative estimate of drug-likeness (QED) is 0.180. The van der Waals surface area contributed by atoms with E-state index < -0.39 is 5.97 Å². The van der Waals surface area contributed by atoms with Gasteiger partial charge in [-0.25, -0.2) is 14.8 Å². The molecule has 10 heteroatoms. The molecule has 0 saturated heterocycles. The average molecular weight is 647 g/mol. The second-order valence-corrected chi connectivity index (χ2v) is 13.6. The first-order chi connectivity index (χ1) is 22.9. The van der Waals surface area contributed by atoms with Crippen LogP contribution in [0.4, 0.5) is 10.9 Å². The molecule has 1 fully saturated rings. The molecule has 0 unspecified atom stereocenters. The minimum absolute atomic E-state index is 0.0102. The first-order valence-corrected chi connectivity index (χ1v) is 17.1. The van der Waals surface area contributed by atoms with Crippen molar-refractivity contribution in [2.45, 2.75) is 64.6 Å². The van der Waals surface area contributed by atoms with E-state index in [1.54, 1.807) is 6.20 Å². The Hall–Kier alpha value is -4.67. The largest absolute Gasteiger partial charge is 0.476 e. The van der Waals surface area contributed by atoms with E-state index in [2.05, 4.69) is 33.2 Å². The number of hydrogen-bond acceptors (Lipinski definition) is 8. The molecule has 0 atom stereocenters. The first-order valence-electron chi connectivity index (χ1n) is 16.3. The highest BCUT2D eigenvalue weighted by Crippen LogP contribution is 2.33. The van der Waals surface area contributed by atoms with E-state index in [0.29, 0.717) is 47.6 Å². The number of amides is 1. The van der Waals surface area contributed by atoms with Crippen molar-refractivity contribution in [2.75, 3.05) is 23.8 Å². The van der Waals surface area contributed by atoms with E-state index in [1.807, 2.05) is 61.5 Å². The number of carboxylic acids is 1. The third-order valence-electron chi connectivity index (χ3n) is 9.63. The van der Waals surface area contributed by atoms with E-state index in [9.17, 15) is 14.7 Å². The molecular formula is C37H38N6O3S. The molecule has 2 aromatic carbocycles. The number of carboxylic acid groups (broad SMARTS) is 1. The second kappa shape index (κ2) is 13.2. The predicted molar refractivity (Wildman–Crippen MR) is 186 cm³/mol. The lowest BCUT2D eigenvalue weighted by Crippen LogP contribution is -2.33. The smallest absolute Gasteiger partial charge is 0.355 e. The van der Waals surface area contributed by atoms with E-state index in [1.165, 1.54) is 43.4 Å². The van der Waals surface area contributed by atoms with Crippen molar-refractivity contribution in [3.63, 3.8) is 0 Å². The molecule has 4 heterocycles. The van der Waals surface area contributed by atoms with Gasteiger partial charge in [0.15, 0.2) is 10.8 Å². The van der Waals surface area contributed by atoms with Gasteiger partial charge in [0.25, 0.3) is 5.91 Å². The van der Waals surface area contributed by atoms with Gasteiger partial charge < -0.3 is 10.0 Å². The van der Waals surface area contributed by atoms with Crippen molar-refractivity contribution in [2.24, 2.45) is 0 Å². The number of carbonyl (C=O) groups is 2. The topological polar surface area (TPSA) is 112 Å². The maximum atomic E-state index is 13.5. The fourth-order valence-corrected chi connectivity index (χ4v) is 7.86. The summed E-state index contributed by atoms with van der Waals surface area (Å²) in [5, 5.41) is 13.9. The van der Waals surface area contributed by atoms with Gasteiger partial charge >= 0.3 is 5.97 Å². The van der Waals surface area contributed by atoms with Gasteiger partial charge in [0.1, 0.15) is 5.82 Å². The molecule has 0 spiro atoms. The SMILES string of the molecule is Cc1c(-c2ccc(N3CCc4cccc(C(=O)Nc5nc6ccccc6s5)c4C3)nc2C(=O)O)ccnc1CN(C)C1CCCCC1. The van der Waals surface area contributed by atoms with Crippen molar-refractivity contribution >= 4 is 44.4 Å². The molecule has 0 radical (unpaired) electrons. The fourth-order valence-electron chi connectivity index (χ4n) is 7.00. The lowest BCUT2D eigenvalue weighted by Gasteiger charge is -2.31. The number of thiazole rings is 1. The van der Waals surface area contributed by atoms with Gasteiger partial charge in [-0.3, -0.25) is 20.0 Å². The lowest BCUT2D eigenvalue weighted by molar-refractivity contribution is 0.0691. The molecular weight excluding hydrogens is 609 g/mol. The van der Waals surface area contributed by atoms with E-state index >= 15 is 0 Å². The summed E-state index contributed by atoms with van der Waals surface area (Å²) in [5.41, 5.74) is 6.81. The highest BCUT2D eigenvalue weighted by molar-refractivity contribution is 7.22. The van der Waals surface area contributed by atoms with Gasteiger partial charge in [0.2, 0.25) is 0 Å².